The molecule has 2 saturated heterocycles. The Hall–Kier alpha value is -4.28. The Morgan fingerprint density at radius 3 is 2.63 bits per heavy atom. The molecular weight excluding hydrogens is 716 g/mol. The summed E-state index contributed by atoms with van der Waals surface area (Å²) in [4.78, 5) is 48.0. The second-order valence-corrected chi connectivity index (χ2v) is 15.1. The summed E-state index contributed by atoms with van der Waals surface area (Å²) >= 11 is 7.56. The maximum absolute atomic E-state index is 13.8. The number of methoxy groups -OCH3 is 1. The number of aromatic nitrogens is 1. The molecular formula is C36H37ClN4O10S. The van der Waals surface area contributed by atoms with Crippen LogP contribution in [0.25, 0.3) is 0 Å². The number of nitrogens with one attached hydrogen (secondary N) is 1. The first-order chi connectivity index (χ1) is 24.9. The highest BCUT2D eigenvalue weighted by atomic mass is 35.5. The molecule has 1 amide bonds. The number of aliphatic hydroxyl groups is 1. The number of pyridine rings is 1. The topological polar surface area (TPSA) is 169 Å². The highest BCUT2D eigenvalue weighted by molar-refractivity contribution is 7.99. The van der Waals surface area contributed by atoms with Crippen molar-refractivity contribution in [1.82, 2.24) is 20.1 Å². The number of aromatic hydroxyl groups is 1. The molecule has 0 radical (unpaired) electrons. The molecule has 16 heteroatoms. The lowest BCUT2D eigenvalue weighted by molar-refractivity contribution is -0.184. The number of phenols is 1. The summed E-state index contributed by atoms with van der Waals surface area (Å²) in [5, 5.41) is 26.4. The monoisotopic (exact) mass is 752 g/mol. The number of likely N-dealkylation sites (N-methyl/N-ethyl adjacent to an activating group) is 1. The SMILES string of the molecule is COc1c(C)cc2c(c1O)[C@@H]1[C@@H]3[C@@H]4SCC(NC(=O)c5cccnc5Cl)C(=O)OC[C@H](c5c6c(c(C)c(OC(C)=O)c54)OCO6)N3[C@@H](O)[C@@H](C2)N1C. The Bertz CT molecular complexity index is 2030. The van der Waals surface area contributed by atoms with Crippen molar-refractivity contribution in [2.45, 2.75) is 68.9 Å². The number of ether oxygens (including phenoxy) is 5. The summed E-state index contributed by atoms with van der Waals surface area (Å²) in [6, 6.07) is 1.60. The van der Waals surface area contributed by atoms with Crippen LogP contribution in [0.15, 0.2) is 24.4 Å². The smallest absolute Gasteiger partial charge is 0.329 e. The van der Waals surface area contributed by atoms with Crippen LogP contribution in [0.1, 0.15) is 68.0 Å². The standard InChI is InChI=1S/C36H37ClN4O10S/c1-14-9-17-10-20-35(45)41-21-11-48-36(46)19(39-34(44)18-7-6-8-38-33(18)37)12-52-32(26(41)25(40(20)4)22(17)27(43)28(14)47-5)24-23(21)31-30(49-13-50-31)15(2)29(24)51-16(3)42/h6-9,19-21,25-26,32,35,43,45H,10-13H2,1-5H3,(H,39,44)/t19?,20-,21-,25-,26-,32-,35+/m1/s1. The Labute approximate surface area is 308 Å². The largest absolute Gasteiger partial charge is 0.504 e. The minimum absolute atomic E-state index is 0.00863. The number of thioether (sulfide) groups is 1. The number of halogens is 1. The van der Waals surface area contributed by atoms with E-state index in [1.807, 2.05) is 24.9 Å². The van der Waals surface area contributed by atoms with Gasteiger partial charge in [0, 0.05) is 47.2 Å². The number of amides is 1. The van der Waals surface area contributed by atoms with E-state index >= 15 is 0 Å². The minimum Gasteiger partial charge on any atom is -0.504 e. The number of hydrogen-bond acceptors (Lipinski definition) is 14. The molecule has 7 atom stereocenters. The Morgan fingerprint density at radius 1 is 1.13 bits per heavy atom. The van der Waals surface area contributed by atoms with Crippen LogP contribution in [0.4, 0.5) is 0 Å². The van der Waals surface area contributed by atoms with Gasteiger partial charge >= 0.3 is 11.9 Å². The third-order valence-electron chi connectivity index (χ3n) is 10.8. The zero-order valence-electron chi connectivity index (χ0n) is 29.0. The van der Waals surface area contributed by atoms with Gasteiger partial charge in [0.2, 0.25) is 6.79 Å². The van der Waals surface area contributed by atoms with E-state index in [9.17, 15) is 24.6 Å². The van der Waals surface area contributed by atoms with Crippen molar-refractivity contribution in [1.29, 1.82) is 0 Å². The molecule has 4 bridgehead atoms. The molecule has 6 aliphatic rings. The highest BCUT2D eigenvalue weighted by Crippen LogP contribution is 2.63. The summed E-state index contributed by atoms with van der Waals surface area (Å²) in [5.41, 5.74) is 4.15. The third kappa shape index (κ3) is 5.19. The molecule has 3 aromatic rings. The summed E-state index contributed by atoms with van der Waals surface area (Å²) < 4.78 is 29.7. The number of phenolic OH excluding ortho intramolecular Hbond substituents is 1. The van der Waals surface area contributed by atoms with Gasteiger partial charge in [-0.3, -0.25) is 19.4 Å². The van der Waals surface area contributed by atoms with E-state index in [0.29, 0.717) is 45.9 Å². The van der Waals surface area contributed by atoms with Gasteiger partial charge in [-0.1, -0.05) is 17.7 Å². The molecule has 0 saturated carbocycles. The average Bonchev–Trinajstić information content (AvgIpc) is 3.60. The van der Waals surface area contributed by atoms with E-state index in [4.69, 9.17) is 35.3 Å². The predicted octanol–water partition coefficient (Wildman–Crippen LogP) is 3.50. The summed E-state index contributed by atoms with van der Waals surface area (Å²) in [6.45, 7) is 4.63. The van der Waals surface area contributed by atoms with Crippen molar-refractivity contribution >= 4 is 41.2 Å². The Kier molecular flexibility index (Phi) is 8.69. The lowest BCUT2D eigenvalue weighted by Gasteiger charge is -2.62. The summed E-state index contributed by atoms with van der Waals surface area (Å²) in [6.07, 6.45) is 0.819. The number of benzene rings is 2. The molecule has 3 N–H and O–H groups in total. The molecule has 0 spiro atoms. The van der Waals surface area contributed by atoms with Crippen molar-refractivity contribution in [3.8, 4) is 28.7 Å². The van der Waals surface area contributed by atoms with Gasteiger partial charge in [0.25, 0.3) is 5.91 Å². The molecule has 0 aliphatic carbocycles. The molecule has 14 nitrogen and oxygen atoms in total. The number of fused-ring (bicyclic) bond motifs is 10. The van der Waals surface area contributed by atoms with Crippen LogP contribution in [-0.2, 0) is 20.7 Å². The quantitative estimate of drug-likeness (QED) is 0.201. The average molecular weight is 753 g/mol. The summed E-state index contributed by atoms with van der Waals surface area (Å²) in [5.74, 6) is -0.358. The molecule has 7 heterocycles. The normalized spacial score (nSPS) is 27.5. The first-order valence-corrected chi connectivity index (χ1v) is 18.3. The number of piperazine rings is 1. The van der Waals surface area contributed by atoms with E-state index in [-0.39, 0.29) is 41.4 Å². The van der Waals surface area contributed by atoms with Crippen molar-refractivity contribution in [2.75, 3.05) is 33.3 Å². The predicted molar refractivity (Wildman–Crippen MR) is 187 cm³/mol. The number of rotatable bonds is 4. The van der Waals surface area contributed by atoms with E-state index in [1.165, 1.54) is 38.1 Å². The van der Waals surface area contributed by atoms with E-state index < -0.39 is 59.5 Å². The zero-order valence-corrected chi connectivity index (χ0v) is 30.5. The first kappa shape index (κ1) is 34.8. The molecule has 52 heavy (non-hydrogen) atoms. The second kappa shape index (κ2) is 13.0. The lowest BCUT2D eigenvalue weighted by atomic mass is 9.73. The van der Waals surface area contributed by atoms with Crippen LogP contribution >= 0.6 is 23.4 Å². The van der Waals surface area contributed by atoms with Crippen LogP contribution < -0.4 is 24.3 Å². The van der Waals surface area contributed by atoms with Gasteiger partial charge < -0.3 is 39.2 Å². The van der Waals surface area contributed by atoms with Gasteiger partial charge in [0.1, 0.15) is 29.8 Å². The molecule has 2 aromatic carbocycles. The summed E-state index contributed by atoms with van der Waals surface area (Å²) in [7, 11) is 3.43. The van der Waals surface area contributed by atoms with Gasteiger partial charge in [-0.25, -0.2) is 9.78 Å². The molecule has 274 valence electrons. The third-order valence-corrected chi connectivity index (χ3v) is 12.5. The van der Waals surface area contributed by atoms with Crippen molar-refractivity contribution in [3.05, 3.63) is 68.5 Å². The Morgan fingerprint density at radius 2 is 1.90 bits per heavy atom. The second-order valence-electron chi connectivity index (χ2n) is 13.6. The molecule has 9 rings (SSSR count). The van der Waals surface area contributed by atoms with Gasteiger partial charge in [-0.05, 0) is 50.6 Å². The number of carbonyl (C=O) groups is 3. The number of esters is 2. The zero-order chi connectivity index (χ0) is 36.7. The fourth-order valence-electron chi connectivity index (χ4n) is 8.67. The van der Waals surface area contributed by atoms with Crippen LogP contribution in [0.5, 0.6) is 28.7 Å². The van der Waals surface area contributed by atoms with Crippen LogP contribution in [0.3, 0.4) is 0 Å². The fourth-order valence-corrected chi connectivity index (χ4v) is 10.4. The molecule has 1 unspecified atom stereocenters. The minimum atomic E-state index is -1.12. The van der Waals surface area contributed by atoms with Crippen LogP contribution in [0, 0.1) is 13.8 Å². The maximum atomic E-state index is 13.8. The van der Waals surface area contributed by atoms with Crippen LogP contribution in [0.2, 0.25) is 5.15 Å². The van der Waals surface area contributed by atoms with Crippen molar-refractivity contribution < 1.29 is 48.3 Å². The van der Waals surface area contributed by atoms with Crippen LogP contribution in [-0.4, -0.2) is 101 Å². The fraction of sp³-hybridized carbons (Fsp3) is 0.444. The molecule has 1 aromatic heterocycles. The van der Waals surface area contributed by atoms with E-state index in [2.05, 4.69) is 15.2 Å². The van der Waals surface area contributed by atoms with Gasteiger partial charge in [0.15, 0.2) is 23.0 Å². The van der Waals surface area contributed by atoms with Crippen molar-refractivity contribution in [2.24, 2.45) is 0 Å². The van der Waals surface area contributed by atoms with Gasteiger partial charge in [-0.2, -0.15) is 0 Å². The number of hydrogen-bond donors (Lipinski definition) is 3. The van der Waals surface area contributed by atoms with Crippen molar-refractivity contribution in [3.63, 3.8) is 0 Å². The lowest BCUT2D eigenvalue weighted by Crippen LogP contribution is -2.69. The number of aryl methyl sites for hydroxylation is 1. The first-order valence-electron chi connectivity index (χ1n) is 16.8. The number of carbonyl (C=O) groups excluding carboxylic acids is 3. The molecule has 2 fully saturated rings. The number of aliphatic hydroxyl groups excluding tert-OH is 1. The maximum Gasteiger partial charge on any atom is 0.329 e. The van der Waals surface area contributed by atoms with E-state index in [0.717, 1.165) is 11.1 Å². The van der Waals surface area contributed by atoms with E-state index in [1.54, 1.807) is 13.0 Å². The highest BCUT2D eigenvalue weighted by Gasteiger charge is 2.60. The number of nitrogens with zero attached hydrogens (tertiary/aromatic N) is 3. The molecule has 6 aliphatic heterocycles. The van der Waals surface area contributed by atoms with Gasteiger partial charge in [-0.15, -0.1) is 11.8 Å². The Balaban J connectivity index is 1.34. The van der Waals surface area contributed by atoms with Gasteiger partial charge in [0.05, 0.1) is 36.0 Å².